The van der Waals surface area contributed by atoms with Crippen LogP contribution in [0, 0.1) is 0 Å². The summed E-state index contributed by atoms with van der Waals surface area (Å²) in [4.78, 5) is 14.6. The van der Waals surface area contributed by atoms with E-state index in [2.05, 4.69) is 15.5 Å². The molecule has 1 aliphatic rings. The normalized spacial score (nSPS) is 14.7. The first kappa shape index (κ1) is 22.0. The van der Waals surface area contributed by atoms with Gasteiger partial charge in [-0.25, -0.2) is 4.79 Å². The van der Waals surface area contributed by atoms with E-state index >= 15 is 0 Å². The number of morpholine rings is 1. The third-order valence-corrected chi connectivity index (χ3v) is 5.05. The fourth-order valence-corrected chi connectivity index (χ4v) is 3.43. The number of urea groups is 1. The molecule has 0 aromatic heterocycles. The van der Waals surface area contributed by atoms with Crippen molar-refractivity contribution >= 4 is 29.0 Å². The number of anilines is 2. The molecule has 2 aromatic carbocycles. The Hall–Kier alpha value is -2.68. The van der Waals surface area contributed by atoms with Gasteiger partial charge in [0.05, 0.1) is 38.8 Å². The summed E-state index contributed by atoms with van der Waals surface area (Å²) in [6.45, 7) is 2.70. The molecule has 0 saturated carbocycles. The van der Waals surface area contributed by atoms with Crippen LogP contribution in [0.5, 0.6) is 11.5 Å². The Morgan fingerprint density at radius 2 is 1.97 bits per heavy atom. The average molecular weight is 436 g/mol. The number of aliphatic hydroxyl groups excluding tert-OH is 1. The minimum Gasteiger partial charge on any atom is -0.497 e. The van der Waals surface area contributed by atoms with Crippen molar-refractivity contribution in [1.29, 1.82) is 0 Å². The second kappa shape index (κ2) is 10.4. The molecular weight excluding hydrogens is 410 g/mol. The highest BCUT2D eigenvalue weighted by Gasteiger charge is 2.18. The number of benzene rings is 2. The number of amides is 2. The van der Waals surface area contributed by atoms with Gasteiger partial charge in [0, 0.05) is 30.2 Å². The molecule has 0 spiro atoms. The molecule has 3 rings (SSSR count). The van der Waals surface area contributed by atoms with Crippen molar-refractivity contribution in [3.05, 3.63) is 47.0 Å². The first-order chi connectivity index (χ1) is 14.5. The molecule has 0 bridgehead atoms. The van der Waals surface area contributed by atoms with Crippen LogP contribution in [0.4, 0.5) is 16.2 Å². The predicted octanol–water partition coefficient (Wildman–Crippen LogP) is 3.05. The van der Waals surface area contributed by atoms with Crippen molar-refractivity contribution in [1.82, 2.24) is 5.32 Å². The number of aliphatic hydroxyl groups is 1. The second-order valence-electron chi connectivity index (χ2n) is 6.72. The van der Waals surface area contributed by atoms with Crippen molar-refractivity contribution in [3.63, 3.8) is 0 Å². The maximum Gasteiger partial charge on any atom is 0.319 e. The fraction of sp³-hybridized carbons (Fsp3) is 0.381. The summed E-state index contributed by atoms with van der Waals surface area (Å²) >= 11 is 6.13. The number of hydrogen-bond acceptors (Lipinski definition) is 6. The van der Waals surface area contributed by atoms with E-state index in [1.54, 1.807) is 37.4 Å². The standard InChI is InChI=1S/C21H26ClN3O5/c1-28-15-4-6-20(29-2)16(12-15)19(26)13-23-21(27)24-17-11-14(22)3-5-18(17)25-7-9-30-10-8-25/h3-6,11-12,19,26H,7-10,13H2,1-2H3,(H2,23,24,27)/t19-/m0/s1. The molecule has 0 radical (unpaired) electrons. The van der Waals surface area contributed by atoms with Crippen LogP contribution in [0.1, 0.15) is 11.7 Å². The van der Waals surface area contributed by atoms with E-state index in [1.165, 1.54) is 7.11 Å². The number of nitrogens with zero attached hydrogens (tertiary/aromatic N) is 1. The fourth-order valence-electron chi connectivity index (χ4n) is 3.25. The highest BCUT2D eigenvalue weighted by Crippen LogP contribution is 2.31. The number of carbonyl (C=O) groups is 1. The van der Waals surface area contributed by atoms with Crippen molar-refractivity contribution in [2.75, 3.05) is 57.3 Å². The van der Waals surface area contributed by atoms with Gasteiger partial charge in [0.15, 0.2) is 0 Å². The summed E-state index contributed by atoms with van der Waals surface area (Å²) in [5.74, 6) is 1.10. The van der Waals surface area contributed by atoms with Crippen LogP contribution in [0.15, 0.2) is 36.4 Å². The zero-order valence-corrected chi connectivity index (χ0v) is 17.7. The Labute approximate surface area is 180 Å². The van der Waals surface area contributed by atoms with Gasteiger partial charge in [0.1, 0.15) is 17.6 Å². The molecule has 9 heteroatoms. The van der Waals surface area contributed by atoms with Gasteiger partial charge in [-0.2, -0.15) is 0 Å². The lowest BCUT2D eigenvalue weighted by Gasteiger charge is -2.30. The Balaban J connectivity index is 1.66. The zero-order chi connectivity index (χ0) is 21.5. The largest absolute Gasteiger partial charge is 0.497 e. The molecule has 2 aromatic rings. The SMILES string of the molecule is COc1ccc(OC)c([C@@H](O)CNC(=O)Nc2cc(Cl)ccc2N2CCOCC2)c1. The predicted molar refractivity (Wildman–Crippen MR) is 116 cm³/mol. The lowest BCUT2D eigenvalue weighted by Crippen LogP contribution is -2.37. The summed E-state index contributed by atoms with van der Waals surface area (Å²) in [7, 11) is 3.06. The summed E-state index contributed by atoms with van der Waals surface area (Å²) in [6, 6.07) is 10.0. The molecule has 1 saturated heterocycles. The molecule has 1 aliphatic heterocycles. The van der Waals surface area contributed by atoms with Crippen LogP contribution in [0.25, 0.3) is 0 Å². The van der Waals surface area contributed by atoms with E-state index in [-0.39, 0.29) is 6.54 Å². The highest BCUT2D eigenvalue weighted by molar-refractivity contribution is 6.31. The minimum atomic E-state index is -0.973. The van der Waals surface area contributed by atoms with Gasteiger partial charge in [-0.1, -0.05) is 11.6 Å². The van der Waals surface area contributed by atoms with Gasteiger partial charge >= 0.3 is 6.03 Å². The molecule has 1 heterocycles. The van der Waals surface area contributed by atoms with Crippen LogP contribution >= 0.6 is 11.6 Å². The molecular formula is C21H26ClN3O5. The number of ether oxygens (including phenoxy) is 3. The van der Waals surface area contributed by atoms with Crippen molar-refractivity contribution in [2.45, 2.75) is 6.10 Å². The average Bonchev–Trinajstić information content (AvgIpc) is 2.77. The number of halogens is 1. The Morgan fingerprint density at radius 3 is 2.67 bits per heavy atom. The zero-order valence-electron chi connectivity index (χ0n) is 17.0. The van der Waals surface area contributed by atoms with E-state index in [0.717, 1.165) is 18.8 Å². The molecule has 8 nitrogen and oxygen atoms in total. The van der Waals surface area contributed by atoms with Crippen LogP contribution in [-0.4, -0.2) is 58.2 Å². The molecule has 0 unspecified atom stereocenters. The van der Waals surface area contributed by atoms with Crippen molar-refractivity contribution < 1.29 is 24.1 Å². The first-order valence-corrected chi connectivity index (χ1v) is 9.96. The van der Waals surface area contributed by atoms with Crippen molar-refractivity contribution in [3.8, 4) is 11.5 Å². The maximum atomic E-state index is 12.5. The van der Waals surface area contributed by atoms with Gasteiger partial charge in [0.2, 0.25) is 0 Å². The molecule has 1 atom stereocenters. The first-order valence-electron chi connectivity index (χ1n) is 9.59. The summed E-state index contributed by atoms with van der Waals surface area (Å²) < 4.78 is 15.9. The highest BCUT2D eigenvalue weighted by atomic mass is 35.5. The Morgan fingerprint density at radius 1 is 1.20 bits per heavy atom. The Bertz CT molecular complexity index is 874. The topological polar surface area (TPSA) is 92.3 Å². The van der Waals surface area contributed by atoms with Crippen molar-refractivity contribution in [2.24, 2.45) is 0 Å². The minimum absolute atomic E-state index is 0.0111. The van der Waals surface area contributed by atoms with Gasteiger partial charge < -0.3 is 34.9 Å². The van der Waals surface area contributed by atoms with Gasteiger partial charge in [0.25, 0.3) is 0 Å². The Kier molecular flexibility index (Phi) is 7.62. The van der Waals surface area contributed by atoms with E-state index < -0.39 is 12.1 Å². The monoisotopic (exact) mass is 435 g/mol. The summed E-state index contributed by atoms with van der Waals surface area (Å²) in [5.41, 5.74) is 1.98. The molecule has 0 aliphatic carbocycles. The third-order valence-electron chi connectivity index (χ3n) is 4.81. The van der Waals surface area contributed by atoms with Crippen LogP contribution in [-0.2, 0) is 4.74 Å². The number of carbonyl (C=O) groups excluding carboxylic acids is 1. The van der Waals surface area contributed by atoms with E-state index in [0.29, 0.717) is 41.0 Å². The summed E-state index contributed by atoms with van der Waals surface area (Å²) in [6.07, 6.45) is -0.973. The van der Waals surface area contributed by atoms with E-state index in [1.807, 2.05) is 6.07 Å². The van der Waals surface area contributed by atoms with Gasteiger partial charge in [-0.05, 0) is 36.4 Å². The lowest BCUT2D eigenvalue weighted by molar-refractivity contribution is 0.123. The number of rotatable bonds is 7. The molecule has 30 heavy (non-hydrogen) atoms. The van der Waals surface area contributed by atoms with Crippen LogP contribution in [0.2, 0.25) is 5.02 Å². The van der Waals surface area contributed by atoms with E-state index in [9.17, 15) is 9.90 Å². The van der Waals surface area contributed by atoms with E-state index in [4.69, 9.17) is 25.8 Å². The molecule has 1 fully saturated rings. The summed E-state index contributed by atoms with van der Waals surface area (Å²) in [5, 5.41) is 16.6. The number of nitrogens with one attached hydrogen (secondary N) is 2. The molecule has 162 valence electrons. The molecule has 3 N–H and O–H groups in total. The third kappa shape index (κ3) is 5.47. The second-order valence-corrected chi connectivity index (χ2v) is 7.16. The molecule has 2 amide bonds. The van der Waals surface area contributed by atoms with Crippen LogP contribution in [0.3, 0.4) is 0 Å². The van der Waals surface area contributed by atoms with Gasteiger partial charge in [-0.3, -0.25) is 0 Å². The van der Waals surface area contributed by atoms with Crippen LogP contribution < -0.4 is 25.0 Å². The maximum absolute atomic E-state index is 12.5. The van der Waals surface area contributed by atoms with Gasteiger partial charge in [-0.15, -0.1) is 0 Å². The smallest absolute Gasteiger partial charge is 0.319 e. The number of hydrogen-bond donors (Lipinski definition) is 3. The quantitative estimate of drug-likeness (QED) is 0.619. The lowest BCUT2D eigenvalue weighted by atomic mass is 10.1. The number of methoxy groups -OCH3 is 2.